The van der Waals surface area contributed by atoms with Gasteiger partial charge in [0.1, 0.15) is 0 Å². The van der Waals surface area contributed by atoms with Crippen LogP contribution < -0.4 is 0 Å². The fraction of sp³-hybridized carbons (Fsp3) is 0.667. The van der Waals surface area contributed by atoms with Crippen LogP contribution in [0.25, 0.3) is 0 Å². The van der Waals surface area contributed by atoms with Crippen LogP contribution in [0.1, 0.15) is 38.7 Å². The Hall–Kier alpha value is -0.570. The fourth-order valence-corrected chi connectivity index (χ4v) is 4.03. The van der Waals surface area contributed by atoms with Crippen LogP contribution in [0.3, 0.4) is 0 Å². The van der Waals surface area contributed by atoms with Gasteiger partial charge in [0.15, 0.2) is 0 Å². The van der Waals surface area contributed by atoms with Gasteiger partial charge in [-0.1, -0.05) is 44.0 Å². The molecule has 2 fully saturated rings. The molecule has 0 bridgehead atoms. The molecule has 0 aromatic heterocycles. The van der Waals surface area contributed by atoms with Gasteiger partial charge in [0.25, 0.3) is 0 Å². The second kappa shape index (κ2) is 6.68. The van der Waals surface area contributed by atoms with Gasteiger partial charge in [0, 0.05) is 36.7 Å². The van der Waals surface area contributed by atoms with Crippen molar-refractivity contribution in [2.24, 2.45) is 5.92 Å². The van der Waals surface area contributed by atoms with E-state index in [2.05, 4.69) is 35.8 Å². The topological polar surface area (TPSA) is 6.48 Å². The van der Waals surface area contributed by atoms with E-state index in [-0.39, 0.29) is 0 Å². The highest BCUT2D eigenvalue weighted by Crippen LogP contribution is 2.28. The normalized spacial score (nSPS) is 27.8. The first kappa shape index (κ1) is 15.3. The monoisotopic (exact) mass is 306 g/mol. The molecule has 0 N–H and O–H groups in total. The molecule has 21 heavy (non-hydrogen) atoms. The summed E-state index contributed by atoms with van der Waals surface area (Å²) in [7, 11) is 0. The van der Waals surface area contributed by atoms with Crippen molar-refractivity contribution in [1.29, 1.82) is 0 Å². The lowest BCUT2D eigenvalue weighted by atomic mass is 9.91. The number of halogens is 1. The Bertz CT molecular complexity index is 457. The van der Waals surface area contributed by atoms with Crippen molar-refractivity contribution in [1.82, 2.24) is 9.80 Å². The molecular formula is C18H27ClN2. The summed E-state index contributed by atoms with van der Waals surface area (Å²) in [6, 6.07) is 9.83. The van der Waals surface area contributed by atoms with Gasteiger partial charge in [0.2, 0.25) is 0 Å². The van der Waals surface area contributed by atoms with Crippen molar-refractivity contribution in [3.8, 4) is 0 Å². The second-order valence-corrected chi connectivity index (χ2v) is 7.45. The van der Waals surface area contributed by atoms with E-state index in [1.54, 1.807) is 0 Å². The number of rotatable bonds is 3. The van der Waals surface area contributed by atoms with E-state index in [0.29, 0.717) is 12.0 Å². The zero-order valence-corrected chi connectivity index (χ0v) is 14.0. The van der Waals surface area contributed by atoms with Crippen molar-refractivity contribution >= 4 is 11.6 Å². The van der Waals surface area contributed by atoms with Crippen LogP contribution in [-0.2, 0) is 6.54 Å². The van der Waals surface area contributed by atoms with Crippen LogP contribution in [0.15, 0.2) is 24.3 Å². The third-order valence-electron chi connectivity index (χ3n) is 5.15. The van der Waals surface area contributed by atoms with Gasteiger partial charge in [-0.25, -0.2) is 0 Å². The number of hydrogen-bond donors (Lipinski definition) is 0. The van der Waals surface area contributed by atoms with E-state index in [4.69, 9.17) is 11.6 Å². The minimum atomic E-state index is 0.676. The maximum Gasteiger partial charge on any atom is 0.0406 e. The number of nitrogens with zero attached hydrogens (tertiary/aromatic N) is 2. The lowest BCUT2D eigenvalue weighted by Gasteiger charge is -2.50. The maximum absolute atomic E-state index is 6.00. The molecule has 2 aliphatic heterocycles. The summed E-state index contributed by atoms with van der Waals surface area (Å²) in [6.07, 6.45) is 4.17. The van der Waals surface area contributed by atoms with Gasteiger partial charge in [-0.2, -0.15) is 0 Å². The molecule has 2 aliphatic rings. The molecule has 1 aromatic carbocycles. The Labute approximate surface area is 134 Å². The van der Waals surface area contributed by atoms with E-state index in [1.165, 1.54) is 44.5 Å². The lowest BCUT2D eigenvalue weighted by Crippen LogP contribution is -2.60. The van der Waals surface area contributed by atoms with Crippen LogP contribution in [0, 0.1) is 5.92 Å². The minimum absolute atomic E-state index is 0.676. The molecule has 2 atom stereocenters. The van der Waals surface area contributed by atoms with Crippen molar-refractivity contribution in [3.63, 3.8) is 0 Å². The summed E-state index contributed by atoms with van der Waals surface area (Å²) in [5, 5.41) is 0.830. The van der Waals surface area contributed by atoms with E-state index in [1.807, 2.05) is 12.1 Å². The largest absolute Gasteiger partial charge is 0.298 e. The molecule has 116 valence electrons. The van der Waals surface area contributed by atoms with Crippen molar-refractivity contribution in [3.05, 3.63) is 34.9 Å². The number of piperidine rings is 1. The molecule has 1 aromatic rings. The van der Waals surface area contributed by atoms with Crippen LogP contribution in [-0.4, -0.2) is 41.5 Å². The molecule has 2 heterocycles. The van der Waals surface area contributed by atoms with Gasteiger partial charge in [-0.15, -0.1) is 0 Å². The summed E-state index contributed by atoms with van der Waals surface area (Å²) in [6.45, 7) is 9.57. The number of fused-ring (bicyclic) bond motifs is 1. The predicted molar refractivity (Wildman–Crippen MR) is 89.7 cm³/mol. The van der Waals surface area contributed by atoms with E-state index >= 15 is 0 Å². The second-order valence-electron chi connectivity index (χ2n) is 7.01. The molecule has 0 aliphatic carbocycles. The van der Waals surface area contributed by atoms with E-state index in [0.717, 1.165) is 17.6 Å². The lowest BCUT2D eigenvalue weighted by molar-refractivity contribution is -0.0118. The van der Waals surface area contributed by atoms with Crippen LogP contribution in [0.5, 0.6) is 0 Å². The SMILES string of the molecule is CC(C)C1CN2CCCCC2CN1Cc1ccc(Cl)cc1. The first-order valence-corrected chi connectivity index (χ1v) is 8.74. The highest BCUT2D eigenvalue weighted by Gasteiger charge is 2.35. The Morgan fingerprint density at radius 2 is 1.90 bits per heavy atom. The molecule has 0 amide bonds. The smallest absolute Gasteiger partial charge is 0.0406 e. The molecule has 0 saturated carbocycles. The standard InChI is InChI=1S/C18H27ClN2/c1-14(2)18-13-20-10-4-3-5-17(20)12-21(18)11-15-6-8-16(19)9-7-15/h6-9,14,17-18H,3-5,10-13H2,1-2H3. The van der Waals surface area contributed by atoms with Crippen molar-refractivity contribution < 1.29 is 0 Å². The molecule has 0 spiro atoms. The summed E-state index contributed by atoms with van der Waals surface area (Å²) in [4.78, 5) is 5.45. The van der Waals surface area contributed by atoms with Gasteiger partial charge < -0.3 is 0 Å². The van der Waals surface area contributed by atoms with Crippen LogP contribution >= 0.6 is 11.6 Å². The van der Waals surface area contributed by atoms with Gasteiger partial charge in [-0.3, -0.25) is 9.80 Å². The summed E-state index contributed by atoms with van der Waals surface area (Å²) in [5.74, 6) is 0.708. The molecule has 2 nitrogen and oxygen atoms in total. The van der Waals surface area contributed by atoms with E-state index in [9.17, 15) is 0 Å². The molecule has 3 heteroatoms. The van der Waals surface area contributed by atoms with Crippen LogP contribution in [0.2, 0.25) is 5.02 Å². The summed E-state index contributed by atoms with van der Waals surface area (Å²) >= 11 is 6.00. The van der Waals surface area contributed by atoms with Crippen molar-refractivity contribution in [2.45, 2.75) is 51.7 Å². The Balaban J connectivity index is 1.72. The third-order valence-corrected chi connectivity index (χ3v) is 5.41. The average Bonchev–Trinajstić information content (AvgIpc) is 2.48. The Morgan fingerprint density at radius 3 is 2.62 bits per heavy atom. The highest BCUT2D eigenvalue weighted by atomic mass is 35.5. The van der Waals surface area contributed by atoms with Gasteiger partial charge >= 0.3 is 0 Å². The molecule has 0 radical (unpaired) electrons. The van der Waals surface area contributed by atoms with Crippen molar-refractivity contribution in [2.75, 3.05) is 19.6 Å². The molecule has 3 rings (SSSR count). The number of benzene rings is 1. The Kier molecular flexibility index (Phi) is 4.88. The van der Waals surface area contributed by atoms with E-state index < -0.39 is 0 Å². The zero-order chi connectivity index (χ0) is 14.8. The summed E-state index contributed by atoms with van der Waals surface area (Å²) < 4.78 is 0. The number of piperazine rings is 1. The highest BCUT2D eigenvalue weighted by molar-refractivity contribution is 6.30. The fourth-order valence-electron chi connectivity index (χ4n) is 3.91. The minimum Gasteiger partial charge on any atom is -0.298 e. The predicted octanol–water partition coefficient (Wildman–Crippen LogP) is 4.03. The van der Waals surface area contributed by atoms with Crippen LogP contribution in [0.4, 0.5) is 0 Å². The molecular weight excluding hydrogens is 280 g/mol. The first-order valence-electron chi connectivity index (χ1n) is 8.36. The van der Waals surface area contributed by atoms with Gasteiger partial charge in [0.05, 0.1) is 0 Å². The summed E-state index contributed by atoms with van der Waals surface area (Å²) in [5.41, 5.74) is 1.38. The maximum atomic E-state index is 6.00. The molecule has 2 unspecified atom stereocenters. The molecule has 2 saturated heterocycles. The van der Waals surface area contributed by atoms with Gasteiger partial charge in [-0.05, 0) is 43.0 Å². The third kappa shape index (κ3) is 3.61. The number of hydrogen-bond acceptors (Lipinski definition) is 2. The quantitative estimate of drug-likeness (QED) is 0.832. The first-order chi connectivity index (χ1) is 10.1. The Morgan fingerprint density at radius 1 is 1.14 bits per heavy atom. The average molecular weight is 307 g/mol. The zero-order valence-electron chi connectivity index (χ0n) is 13.3.